The van der Waals surface area contributed by atoms with Crippen LogP contribution in [0.1, 0.15) is 24.4 Å². The van der Waals surface area contributed by atoms with Gasteiger partial charge in [-0.25, -0.2) is 9.89 Å². The number of benzene rings is 1. The lowest BCUT2D eigenvalue weighted by Crippen LogP contribution is -2.16. The van der Waals surface area contributed by atoms with Gasteiger partial charge >= 0.3 is 5.69 Å². The summed E-state index contributed by atoms with van der Waals surface area (Å²) >= 11 is 3.44. The Labute approximate surface area is 148 Å². The van der Waals surface area contributed by atoms with Gasteiger partial charge in [0.25, 0.3) is 0 Å². The van der Waals surface area contributed by atoms with E-state index in [4.69, 9.17) is 4.74 Å². The van der Waals surface area contributed by atoms with Crippen LogP contribution in [0.5, 0.6) is 5.75 Å². The highest BCUT2D eigenvalue weighted by atomic mass is 32.2. The molecule has 0 saturated heterocycles. The Hall–Kier alpha value is -1.67. The maximum absolute atomic E-state index is 11.8. The summed E-state index contributed by atoms with van der Waals surface area (Å²) in [6.45, 7) is 0.803. The van der Waals surface area contributed by atoms with Crippen LogP contribution >= 0.6 is 23.5 Å². The average molecular weight is 362 g/mol. The molecule has 1 aliphatic carbocycles. The molecule has 1 atom stereocenters. The highest BCUT2D eigenvalue weighted by Gasteiger charge is 2.29. The van der Waals surface area contributed by atoms with Crippen LogP contribution in [-0.4, -0.2) is 44.5 Å². The third-order valence-electron chi connectivity index (χ3n) is 4.04. The monoisotopic (exact) mass is 362 g/mol. The number of hydrogen-bond donors (Lipinski definition) is 1. The van der Waals surface area contributed by atoms with Crippen LogP contribution in [0.2, 0.25) is 0 Å². The van der Waals surface area contributed by atoms with Gasteiger partial charge in [-0.2, -0.15) is 0 Å². The number of methoxy groups -OCH3 is 1. The molecule has 1 fully saturated rings. The van der Waals surface area contributed by atoms with Crippen LogP contribution in [0.3, 0.4) is 0 Å². The molecule has 0 bridgehead atoms. The van der Waals surface area contributed by atoms with Crippen molar-refractivity contribution < 1.29 is 4.74 Å². The fourth-order valence-electron chi connectivity index (χ4n) is 2.61. The molecular weight excluding hydrogens is 344 g/mol. The van der Waals surface area contributed by atoms with Crippen LogP contribution < -0.4 is 10.4 Å². The van der Waals surface area contributed by atoms with Crippen LogP contribution in [0.4, 0.5) is 0 Å². The summed E-state index contributed by atoms with van der Waals surface area (Å²) in [6.07, 6.45) is 2.16. The summed E-state index contributed by atoms with van der Waals surface area (Å²) in [5.41, 5.74) is 1.04. The van der Waals surface area contributed by atoms with Crippen molar-refractivity contribution >= 4 is 28.6 Å². The van der Waals surface area contributed by atoms with Gasteiger partial charge in [0.2, 0.25) is 0 Å². The predicted octanol–water partition coefficient (Wildman–Crippen LogP) is 2.57. The largest absolute Gasteiger partial charge is 0.497 e. The first-order valence-electron chi connectivity index (χ1n) is 7.90. The second-order valence-corrected chi connectivity index (χ2v) is 8.11. The van der Waals surface area contributed by atoms with Gasteiger partial charge in [0.1, 0.15) is 5.75 Å². The Balaban J connectivity index is 1.36. The van der Waals surface area contributed by atoms with Crippen molar-refractivity contribution in [1.29, 1.82) is 0 Å². The molecule has 6 nitrogen and oxygen atoms in total. The number of rotatable bonds is 6. The third-order valence-corrected chi connectivity index (χ3v) is 6.60. The molecule has 1 aromatic carbocycles. The predicted molar refractivity (Wildman–Crippen MR) is 97.6 cm³/mol. The van der Waals surface area contributed by atoms with Gasteiger partial charge in [0.15, 0.2) is 5.16 Å². The van der Waals surface area contributed by atoms with Gasteiger partial charge < -0.3 is 4.74 Å². The van der Waals surface area contributed by atoms with E-state index < -0.39 is 0 Å². The van der Waals surface area contributed by atoms with E-state index in [2.05, 4.69) is 15.2 Å². The van der Waals surface area contributed by atoms with Gasteiger partial charge in [0, 0.05) is 22.6 Å². The zero-order valence-electron chi connectivity index (χ0n) is 13.3. The molecule has 0 spiro atoms. The average Bonchev–Trinajstić information content (AvgIpc) is 3.21. The molecule has 1 aliphatic heterocycles. The van der Waals surface area contributed by atoms with Crippen molar-refractivity contribution in [1.82, 2.24) is 14.8 Å². The normalized spacial score (nSPS) is 20.2. The fraction of sp³-hybridized carbons (Fsp3) is 0.438. The lowest BCUT2D eigenvalue weighted by molar-refractivity contribution is 0.415. The first-order valence-corrected chi connectivity index (χ1v) is 9.76. The van der Waals surface area contributed by atoms with Gasteiger partial charge in [0.05, 0.1) is 18.7 Å². The number of hydrogen-bond acceptors (Lipinski definition) is 6. The second kappa shape index (κ2) is 6.68. The molecule has 4 rings (SSSR count). The fourth-order valence-corrected chi connectivity index (χ4v) is 4.90. The van der Waals surface area contributed by atoms with E-state index in [0.717, 1.165) is 46.7 Å². The van der Waals surface area contributed by atoms with E-state index in [9.17, 15) is 4.79 Å². The molecule has 126 valence electrons. The Morgan fingerprint density at radius 2 is 2.17 bits per heavy atom. The number of aromatic amines is 1. The second-order valence-electron chi connectivity index (χ2n) is 5.84. The molecule has 0 amide bonds. The lowest BCUT2D eigenvalue weighted by atomic mass is 10.2. The van der Waals surface area contributed by atoms with Crippen molar-refractivity contribution in [3.8, 4) is 5.75 Å². The van der Waals surface area contributed by atoms with Crippen molar-refractivity contribution in [2.75, 3.05) is 19.4 Å². The molecule has 1 N–H and O–H groups in total. The highest BCUT2D eigenvalue weighted by molar-refractivity contribution is 8.16. The number of H-pyrrole nitrogens is 1. The standard InChI is InChI=1S/C16H18N4O2S2/c1-22-12-6-2-10(3-7-12)14-17-8-13(24-14)9-23-16-19-18-15(21)20(16)11-4-5-11/h2-3,6-7,11,13H,4-5,8-9H2,1H3,(H,18,21)/t13-/m1/s1. The maximum atomic E-state index is 11.8. The molecular formula is C16H18N4O2S2. The number of thioether (sulfide) groups is 2. The molecule has 2 aromatic rings. The molecule has 24 heavy (non-hydrogen) atoms. The van der Waals surface area contributed by atoms with E-state index >= 15 is 0 Å². The molecule has 0 radical (unpaired) electrons. The van der Waals surface area contributed by atoms with Gasteiger partial charge in [-0.15, -0.1) is 16.9 Å². The van der Waals surface area contributed by atoms with Crippen LogP contribution in [0.15, 0.2) is 39.2 Å². The van der Waals surface area contributed by atoms with Crippen molar-refractivity contribution in [3.63, 3.8) is 0 Å². The van der Waals surface area contributed by atoms with Gasteiger partial charge in [-0.3, -0.25) is 9.56 Å². The Morgan fingerprint density at radius 3 is 2.88 bits per heavy atom. The smallest absolute Gasteiger partial charge is 0.344 e. The van der Waals surface area contributed by atoms with E-state index in [1.807, 2.05) is 24.3 Å². The minimum Gasteiger partial charge on any atom is -0.497 e. The van der Waals surface area contributed by atoms with E-state index in [1.165, 1.54) is 0 Å². The van der Waals surface area contributed by atoms with E-state index in [0.29, 0.717) is 11.3 Å². The van der Waals surface area contributed by atoms with Gasteiger partial charge in [-0.1, -0.05) is 11.8 Å². The lowest BCUT2D eigenvalue weighted by Gasteiger charge is -2.08. The molecule has 1 saturated carbocycles. The van der Waals surface area contributed by atoms with E-state index in [-0.39, 0.29) is 5.69 Å². The quantitative estimate of drug-likeness (QED) is 0.800. The third kappa shape index (κ3) is 3.25. The topological polar surface area (TPSA) is 72.3 Å². The Bertz CT molecular complexity index is 808. The maximum Gasteiger partial charge on any atom is 0.344 e. The molecule has 2 heterocycles. The molecule has 2 aliphatic rings. The minimum absolute atomic E-state index is 0.0887. The van der Waals surface area contributed by atoms with Crippen molar-refractivity contribution in [2.45, 2.75) is 29.3 Å². The number of ether oxygens (including phenoxy) is 1. The summed E-state index contributed by atoms with van der Waals surface area (Å²) in [7, 11) is 1.67. The van der Waals surface area contributed by atoms with Crippen LogP contribution in [0, 0.1) is 0 Å². The summed E-state index contributed by atoms with van der Waals surface area (Å²) in [5.74, 6) is 1.75. The minimum atomic E-state index is -0.0887. The van der Waals surface area contributed by atoms with Crippen LogP contribution in [0.25, 0.3) is 0 Å². The van der Waals surface area contributed by atoms with E-state index in [1.54, 1.807) is 35.2 Å². The van der Waals surface area contributed by atoms with Gasteiger partial charge in [-0.05, 0) is 37.1 Å². The number of nitrogens with zero attached hydrogens (tertiary/aromatic N) is 3. The first kappa shape index (κ1) is 15.8. The summed E-state index contributed by atoms with van der Waals surface area (Å²) < 4.78 is 6.99. The SMILES string of the molecule is COc1ccc(C2=NC[C@H](CSc3n[nH]c(=O)n3C3CC3)S2)cc1. The zero-order chi connectivity index (χ0) is 16.5. The number of aliphatic imine (C=N–C) groups is 1. The Morgan fingerprint density at radius 1 is 1.38 bits per heavy atom. The summed E-state index contributed by atoms with van der Waals surface area (Å²) in [4.78, 5) is 16.5. The van der Waals surface area contributed by atoms with Crippen molar-refractivity contribution in [2.24, 2.45) is 4.99 Å². The summed E-state index contributed by atoms with van der Waals surface area (Å²) in [6, 6.07) is 8.34. The highest BCUT2D eigenvalue weighted by Crippen LogP contribution is 2.37. The molecule has 0 unspecified atom stereocenters. The van der Waals surface area contributed by atoms with Crippen LogP contribution in [-0.2, 0) is 0 Å². The van der Waals surface area contributed by atoms with Crippen molar-refractivity contribution in [3.05, 3.63) is 40.3 Å². The first-order chi connectivity index (χ1) is 11.7. The number of nitrogens with one attached hydrogen (secondary N) is 1. The molecule has 1 aromatic heterocycles. The molecule has 8 heteroatoms. The summed E-state index contributed by atoms with van der Waals surface area (Å²) in [5, 5.41) is 9.02. The zero-order valence-corrected chi connectivity index (χ0v) is 14.9. The number of aromatic nitrogens is 3. The Kier molecular flexibility index (Phi) is 4.41.